The first kappa shape index (κ1) is 16.3. The van der Waals surface area contributed by atoms with Gasteiger partial charge in [0.25, 0.3) is 0 Å². The summed E-state index contributed by atoms with van der Waals surface area (Å²) in [5.74, 6) is 0.777. The number of nitrogens with zero attached hydrogens (tertiary/aromatic N) is 1. The fraction of sp³-hybridized carbons (Fsp3) is 0.533. The number of carbonyl (C=O) groups is 1. The van der Waals surface area contributed by atoms with E-state index in [1.807, 2.05) is 24.3 Å². The van der Waals surface area contributed by atoms with E-state index in [0.29, 0.717) is 19.6 Å². The third-order valence-electron chi connectivity index (χ3n) is 3.02. The number of urea groups is 1. The number of unbranched alkanes of at least 4 members (excludes halogenated alkanes) is 1. The number of hydrogen-bond acceptors (Lipinski definition) is 3. The number of benzene rings is 1. The summed E-state index contributed by atoms with van der Waals surface area (Å²) in [6, 6.07) is 7.40. The van der Waals surface area contributed by atoms with Crippen LogP contribution in [0.2, 0.25) is 0 Å². The lowest BCUT2D eigenvalue weighted by Crippen LogP contribution is -2.41. The molecule has 0 unspecified atom stereocenters. The molecule has 0 aliphatic rings. The fourth-order valence-corrected chi connectivity index (χ4v) is 1.83. The monoisotopic (exact) mass is 279 g/mol. The predicted octanol–water partition coefficient (Wildman–Crippen LogP) is 2.36. The molecule has 1 aromatic rings. The van der Waals surface area contributed by atoms with Crippen molar-refractivity contribution < 1.29 is 9.53 Å². The normalized spacial score (nSPS) is 10.2. The molecule has 1 rings (SSSR count). The zero-order valence-electron chi connectivity index (χ0n) is 12.4. The first-order chi connectivity index (χ1) is 9.72. The summed E-state index contributed by atoms with van der Waals surface area (Å²) in [5, 5.41) is 2.93. The van der Waals surface area contributed by atoms with Gasteiger partial charge in [-0.15, -0.1) is 0 Å². The molecule has 0 fully saturated rings. The molecule has 0 bridgehead atoms. The molecule has 0 spiro atoms. The molecule has 20 heavy (non-hydrogen) atoms. The second-order valence-corrected chi connectivity index (χ2v) is 4.58. The maximum Gasteiger partial charge on any atom is 0.321 e. The summed E-state index contributed by atoms with van der Waals surface area (Å²) < 4.78 is 5.13. The van der Waals surface area contributed by atoms with E-state index in [1.54, 1.807) is 12.0 Å². The molecule has 1 aromatic carbocycles. The van der Waals surface area contributed by atoms with E-state index < -0.39 is 0 Å². The van der Waals surface area contributed by atoms with Gasteiger partial charge < -0.3 is 15.8 Å². The van der Waals surface area contributed by atoms with Crippen molar-refractivity contribution in [2.24, 2.45) is 5.73 Å². The average Bonchev–Trinajstić information content (AvgIpc) is 2.48. The largest absolute Gasteiger partial charge is 0.497 e. The summed E-state index contributed by atoms with van der Waals surface area (Å²) in [5.41, 5.74) is 6.40. The van der Waals surface area contributed by atoms with Crippen LogP contribution >= 0.6 is 0 Å². The number of anilines is 1. The van der Waals surface area contributed by atoms with Gasteiger partial charge in [-0.1, -0.05) is 13.3 Å². The number of carbonyl (C=O) groups excluding carboxylic acids is 1. The van der Waals surface area contributed by atoms with Gasteiger partial charge in [-0.2, -0.15) is 0 Å². The van der Waals surface area contributed by atoms with Gasteiger partial charge in [0.1, 0.15) is 5.75 Å². The number of hydrogen-bond donors (Lipinski definition) is 2. The molecule has 0 saturated heterocycles. The van der Waals surface area contributed by atoms with Crippen LogP contribution in [0.4, 0.5) is 10.5 Å². The molecular formula is C15H25N3O2. The molecule has 3 N–H and O–H groups in total. The van der Waals surface area contributed by atoms with Crippen molar-refractivity contribution in [1.82, 2.24) is 5.32 Å². The third-order valence-corrected chi connectivity index (χ3v) is 3.02. The number of ether oxygens (including phenoxy) is 1. The van der Waals surface area contributed by atoms with E-state index in [0.717, 1.165) is 30.7 Å². The number of methoxy groups -OCH3 is 1. The molecule has 0 aromatic heterocycles. The van der Waals surface area contributed by atoms with E-state index >= 15 is 0 Å². The van der Waals surface area contributed by atoms with Crippen LogP contribution in [-0.2, 0) is 0 Å². The summed E-state index contributed by atoms with van der Waals surface area (Å²) in [6.45, 7) is 3.97. The van der Waals surface area contributed by atoms with Gasteiger partial charge in [0.05, 0.1) is 7.11 Å². The quantitative estimate of drug-likeness (QED) is 0.718. The number of rotatable bonds is 8. The smallest absolute Gasteiger partial charge is 0.321 e. The molecule has 0 radical (unpaired) electrons. The van der Waals surface area contributed by atoms with Gasteiger partial charge in [0, 0.05) is 18.8 Å². The summed E-state index contributed by atoms with van der Waals surface area (Å²) >= 11 is 0. The Morgan fingerprint density at radius 1 is 1.30 bits per heavy atom. The first-order valence-corrected chi connectivity index (χ1v) is 7.12. The van der Waals surface area contributed by atoms with Crippen LogP contribution in [0.1, 0.15) is 26.2 Å². The molecule has 0 heterocycles. The topological polar surface area (TPSA) is 67.6 Å². The van der Waals surface area contributed by atoms with E-state index in [4.69, 9.17) is 10.5 Å². The van der Waals surface area contributed by atoms with Crippen LogP contribution in [0.5, 0.6) is 5.75 Å². The molecule has 0 aliphatic carbocycles. The molecule has 0 atom stereocenters. The standard InChI is InChI=1S/C15H25N3O2/c1-3-4-11-17-15(19)18(12-5-10-16)13-6-8-14(20-2)9-7-13/h6-9H,3-5,10-12,16H2,1-2H3,(H,17,19). The number of amides is 2. The van der Waals surface area contributed by atoms with Crippen molar-refractivity contribution >= 4 is 11.7 Å². The summed E-state index contributed by atoms with van der Waals surface area (Å²) in [6.07, 6.45) is 2.82. The SMILES string of the molecule is CCCCNC(=O)N(CCCN)c1ccc(OC)cc1. The Bertz CT molecular complexity index is 393. The van der Waals surface area contributed by atoms with Crippen molar-refractivity contribution in [3.63, 3.8) is 0 Å². The van der Waals surface area contributed by atoms with Crippen LogP contribution in [0, 0.1) is 0 Å². The minimum atomic E-state index is -0.0722. The van der Waals surface area contributed by atoms with Gasteiger partial charge in [-0.05, 0) is 43.7 Å². The Kier molecular flexibility index (Phi) is 7.50. The lowest BCUT2D eigenvalue weighted by molar-refractivity contribution is 0.246. The van der Waals surface area contributed by atoms with E-state index in [2.05, 4.69) is 12.2 Å². The van der Waals surface area contributed by atoms with Crippen LogP contribution < -0.4 is 20.7 Å². The van der Waals surface area contributed by atoms with Crippen molar-refractivity contribution in [1.29, 1.82) is 0 Å². The highest BCUT2D eigenvalue weighted by atomic mass is 16.5. The van der Waals surface area contributed by atoms with Crippen molar-refractivity contribution in [3.8, 4) is 5.75 Å². The molecule has 0 aliphatic heterocycles. The van der Waals surface area contributed by atoms with Gasteiger partial charge in [-0.3, -0.25) is 4.90 Å². The van der Waals surface area contributed by atoms with Crippen molar-refractivity contribution in [3.05, 3.63) is 24.3 Å². The Balaban J connectivity index is 2.73. The highest BCUT2D eigenvalue weighted by Gasteiger charge is 2.14. The Morgan fingerprint density at radius 3 is 2.55 bits per heavy atom. The lowest BCUT2D eigenvalue weighted by Gasteiger charge is -2.23. The van der Waals surface area contributed by atoms with E-state index in [1.165, 1.54) is 0 Å². The maximum absolute atomic E-state index is 12.2. The number of nitrogens with two attached hydrogens (primary N) is 1. The highest BCUT2D eigenvalue weighted by molar-refractivity contribution is 5.91. The second-order valence-electron chi connectivity index (χ2n) is 4.58. The number of nitrogens with one attached hydrogen (secondary N) is 1. The zero-order valence-corrected chi connectivity index (χ0v) is 12.4. The predicted molar refractivity (Wildman–Crippen MR) is 82.3 cm³/mol. The van der Waals surface area contributed by atoms with Crippen molar-refractivity contribution in [2.75, 3.05) is 31.6 Å². The molecular weight excluding hydrogens is 254 g/mol. The average molecular weight is 279 g/mol. The van der Waals surface area contributed by atoms with E-state index in [9.17, 15) is 4.79 Å². The van der Waals surface area contributed by atoms with Gasteiger partial charge >= 0.3 is 6.03 Å². The molecule has 5 nitrogen and oxygen atoms in total. The second kappa shape index (κ2) is 9.20. The molecule has 112 valence electrons. The first-order valence-electron chi connectivity index (χ1n) is 7.12. The van der Waals surface area contributed by atoms with Crippen molar-refractivity contribution in [2.45, 2.75) is 26.2 Å². The van der Waals surface area contributed by atoms with Crippen LogP contribution in [0.3, 0.4) is 0 Å². The highest BCUT2D eigenvalue weighted by Crippen LogP contribution is 2.19. The van der Waals surface area contributed by atoms with E-state index in [-0.39, 0.29) is 6.03 Å². The van der Waals surface area contributed by atoms with Crippen LogP contribution in [-0.4, -0.2) is 32.8 Å². The van der Waals surface area contributed by atoms with Crippen LogP contribution in [0.25, 0.3) is 0 Å². The van der Waals surface area contributed by atoms with Gasteiger partial charge in [-0.25, -0.2) is 4.79 Å². The molecule has 2 amide bonds. The molecule has 0 saturated carbocycles. The van der Waals surface area contributed by atoms with Gasteiger partial charge in [0.2, 0.25) is 0 Å². The molecule has 5 heteroatoms. The lowest BCUT2D eigenvalue weighted by atomic mass is 10.2. The Morgan fingerprint density at radius 2 is 2.00 bits per heavy atom. The fourth-order valence-electron chi connectivity index (χ4n) is 1.83. The minimum absolute atomic E-state index is 0.0722. The Hall–Kier alpha value is -1.75. The Labute approximate surface area is 121 Å². The third kappa shape index (κ3) is 5.09. The summed E-state index contributed by atoms with van der Waals surface area (Å²) in [7, 11) is 1.62. The zero-order chi connectivity index (χ0) is 14.8. The van der Waals surface area contributed by atoms with Gasteiger partial charge in [0.15, 0.2) is 0 Å². The minimum Gasteiger partial charge on any atom is -0.497 e. The maximum atomic E-state index is 12.2. The summed E-state index contributed by atoms with van der Waals surface area (Å²) in [4.78, 5) is 13.9. The van der Waals surface area contributed by atoms with Crippen LogP contribution in [0.15, 0.2) is 24.3 Å².